The average molecular weight is 438 g/mol. The van der Waals surface area contributed by atoms with E-state index in [0.717, 1.165) is 16.9 Å². The molecule has 1 amide bonds. The molecule has 3 aromatic rings. The van der Waals surface area contributed by atoms with Gasteiger partial charge in [-0.15, -0.1) is 0 Å². The molecule has 1 fully saturated rings. The van der Waals surface area contributed by atoms with Crippen molar-refractivity contribution in [2.75, 3.05) is 19.6 Å². The van der Waals surface area contributed by atoms with Gasteiger partial charge >= 0.3 is 0 Å². The van der Waals surface area contributed by atoms with Gasteiger partial charge < -0.3 is 10.3 Å². The van der Waals surface area contributed by atoms with Gasteiger partial charge in [0, 0.05) is 32.0 Å². The van der Waals surface area contributed by atoms with Crippen molar-refractivity contribution in [2.24, 2.45) is 5.92 Å². The summed E-state index contributed by atoms with van der Waals surface area (Å²) in [6.07, 6.45) is 1.56. The van der Waals surface area contributed by atoms with Crippen LogP contribution in [0.3, 0.4) is 0 Å². The lowest BCUT2D eigenvalue weighted by Gasteiger charge is -2.30. The first-order valence-electron chi connectivity index (χ1n) is 10.2. The van der Waals surface area contributed by atoms with Crippen LogP contribution in [0.5, 0.6) is 0 Å². The van der Waals surface area contributed by atoms with Crippen LogP contribution in [0.15, 0.2) is 53.4 Å². The van der Waals surface area contributed by atoms with Crippen LogP contribution < -0.4 is 5.32 Å². The first-order chi connectivity index (χ1) is 15.0. The van der Waals surface area contributed by atoms with Gasteiger partial charge in [0.1, 0.15) is 5.82 Å². The highest BCUT2D eigenvalue weighted by atomic mass is 32.2. The highest BCUT2D eigenvalue weighted by Gasteiger charge is 2.32. The number of imidazole rings is 1. The summed E-state index contributed by atoms with van der Waals surface area (Å²) >= 11 is 0. The molecule has 0 spiro atoms. The highest BCUT2D eigenvalue weighted by molar-refractivity contribution is 7.89. The van der Waals surface area contributed by atoms with E-state index < -0.39 is 10.0 Å². The molecule has 0 saturated carbocycles. The molecule has 1 aliphatic rings. The second-order valence-corrected chi connectivity index (χ2v) is 9.49. The SMILES string of the molecule is N#Cc1ccc(S(=O)(=O)N2CCC(C(=O)NCCc3nc4ccccc4[nH]3)CC2)cc1. The Morgan fingerprint density at radius 3 is 2.55 bits per heavy atom. The van der Waals surface area contributed by atoms with Crippen molar-refractivity contribution in [3.63, 3.8) is 0 Å². The molecule has 2 aromatic carbocycles. The number of piperidine rings is 1. The average Bonchev–Trinajstić information content (AvgIpc) is 3.22. The third-order valence-corrected chi connectivity index (χ3v) is 7.46. The number of benzene rings is 2. The van der Waals surface area contributed by atoms with Gasteiger partial charge in [0.15, 0.2) is 0 Å². The van der Waals surface area contributed by atoms with Gasteiger partial charge in [0.05, 0.1) is 27.6 Å². The molecule has 2 heterocycles. The number of H-pyrrole nitrogens is 1. The van der Waals surface area contributed by atoms with Crippen molar-refractivity contribution < 1.29 is 13.2 Å². The lowest BCUT2D eigenvalue weighted by Crippen LogP contribution is -2.43. The number of para-hydroxylation sites is 2. The van der Waals surface area contributed by atoms with Gasteiger partial charge in [-0.2, -0.15) is 9.57 Å². The van der Waals surface area contributed by atoms with Gasteiger partial charge in [-0.05, 0) is 49.2 Å². The van der Waals surface area contributed by atoms with Crippen LogP contribution in [-0.4, -0.2) is 48.2 Å². The van der Waals surface area contributed by atoms with E-state index in [4.69, 9.17) is 5.26 Å². The number of carbonyl (C=O) groups is 1. The molecule has 8 nitrogen and oxygen atoms in total. The molecule has 1 aliphatic heterocycles. The molecule has 1 saturated heterocycles. The second kappa shape index (κ2) is 8.88. The summed E-state index contributed by atoms with van der Waals surface area (Å²) < 4.78 is 27.0. The first kappa shape index (κ1) is 21.0. The van der Waals surface area contributed by atoms with Crippen molar-refractivity contribution >= 4 is 27.0 Å². The molecular formula is C22H23N5O3S. The van der Waals surface area contributed by atoms with E-state index in [2.05, 4.69) is 15.3 Å². The van der Waals surface area contributed by atoms with Crippen LogP contribution in [0, 0.1) is 17.2 Å². The summed E-state index contributed by atoms with van der Waals surface area (Å²) in [5, 5.41) is 11.8. The number of fused-ring (bicyclic) bond motifs is 1. The lowest BCUT2D eigenvalue weighted by atomic mass is 9.97. The summed E-state index contributed by atoms with van der Waals surface area (Å²) in [4.78, 5) is 20.4. The van der Waals surface area contributed by atoms with Crippen molar-refractivity contribution in [3.05, 3.63) is 59.9 Å². The number of carbonyl (C=O) groups excluding carboxylic acids is 1. The number of hydrogen-bond donors (Lipinski definition) is 2. The smallest absolute Gasteiger partial charge is 0.243 e. The largest absolute Gasteiger partial charge is 0.355 e. The number of aromatic amines is 1. The standard InChI is InChI=1S/C22H23N5O3S/c23-15-16-5-7-18(8-6-16)31(29,30)27-13-10-17(11-14-27)22(28)24-12-9-21-25-19-3-1-2-4-20(19)26-21/h1-8,17H,9-14H2,(H,24,28)(H,25,26). The summed E-state index contributed by atoms with van der Waals surface area (Å²) in [6.45, 7) is 1.07. The number of rotatable bonds is 6. The molecule has 160 valence electrons. The van der Waals surface area contributed by atoms with E-state index in [1.54, 1.807) is 0 Å². The molecular weight excluding hydrogens is 414 g/mol. The lowest BCUT2D eigenvalue weighted by molar-refractivity contribution is -0.126. The van der Waals surface area contributed by atoms with E-state index in [0.29, 0.717) is 44.5 Å². The Morgan fingerprint density at radius 1 is 1.16 bits per heavy atom. The second-order valence-electron chi connectivity index (χ2n) is 7.56. The summed E-state index contributed by atoms with van der Waals surface area (Å²) in [7, 11) is -3.62. The fraction of sp³-hybridized carbons (Fsp3) is 0.318. The maximum atomic E-state index is 12.8. The molecule has 2 N–H and O–H groups in total. The Bertz CT molecular complexity index is 1190. The molecule has 4 rings (SSSR count). The molecule has 1 aromatic heterocycles. The van der Waals surface area contributed by atoms with Crippen molar-refractivity contribution in [1.82, 2.24) is 19.6 Å². The zero-order valence-electron chi connectivity index (χ0n) is 16.9. The Morgan fingerprint density at radius 2 is 1.87 bits per heavy atom. The summed E-state index contributed by atoms with van der Waals surface area (Å²) in [5.74, 6) is 0.569. The van der Waals surface area contributed by atoms with Crippen LogP contribution in [-0.2, 0) is 21.2 Å². The third-order valence-electron chi connectivity index (χ3n) is 5.55. The molecule has 9 heteroatoms. The summed E-state index contributed by atoms with van der Waals surface area (Å²) in [5.41, 5.74) is 2.29. The van der Waals surface area contributed by atoms with Crippen LogP contribution in [0.4, 0.5) is 0 Å². The maximum absolute atomic E-state index is 12.8. The van der Waals surface area contributed by atoms with Gasteiger partial charge in [-0.3, -0.25) is 4.79 Å². The van der Waals surface area contributed by atoms with Crippen molar-refractivity contribution in [2.45, 2.75) is 24.2 Å². The minimum Gasteiger partial charge on any atom is -0.355 e. The van der Waals surface area contributed by atoms with Gasteiger partial charge in [0.25, 0.3) is 0 Å². The van der Waals surface area contributed by atoms with Crippen molar-refractivity contribution in [1.29, 1.82) is 5.26 Å². The molecule has 0 unspecified atom stereocenters. The predicted octanol–water partition coefficient (Wildman–Crippen LogP) is 2.19. The number of hydrogen-bond acceptors (Lipinski definition) is 5. The van der Waals surface area contributed by atoms with Crippen molar-refractivity contribution in [3.8, 4) is 6.07 Å². The monoisotopic (exact) mass is 437 g/mol. The van der Waals surface area contributed by atoms with Crippen LogP contribution >= 0.6 is 0 Å². The molecule has 0 radical (unpaired) electrons. The quantitative estimate of drug-likeness (QED) is 0.613. The highest BCUT2D eigenvalue weighted by Crippen LogP contribution is 2.24. The Kier molecular flexibility index (Phi) is 6.02. The molecule has 31 heavy (non-hydrogen) atoms. The van der Waals surface area contributed by atoms with E-state index in [-0.39, 0.29) is 16.7 Å². The van der Waals surface area contributed by atoms with Gasteiger partial charge in [-0.1, -0.05) is 12.1 Å². The zero-order valence-corrected chi connectivity index (χ0v) is 17.7. The first-order valence-corrected chi connectivity index (χ1v) is 11.6. The maximum Gasteiger partial charge on any atom is 0.243 e. The third kappa shape index (κ3) is 4.60. The normalized spacial score (nSPS) is 15.6. The minimum absolute atomic E-state index is 0.0495. The topological polar surface area (TPSA) is 119 Å². The number of nitrogens with one attached hydrogen (secondary N) is 2. The fourth-order valence-corrected chi connectivity index (χ4v) is 5.25. The molecule has 0 bridgehead atoms. The Hall–Kier alpha value is -3.22. The molecule has 0 aliphatic carbocycles. The van der Waals surface area contributed by atoms with Crippen LogP contribution in [0.1, 0.15) is 24.2 Å². The number of sulfonamides is 1. The van der Waals surface area contributed by atoms with Gasteiger partial charge in [0.2, 0.25) is 15.9 Å². The molecule has 0 atom stereocenters. The van der Waals surface area contributed by atoms with Gasteiger partial charge in [-0.25, -0.2) is 13.4 Å². The summed E-state index contributed by atoms with van der Waals surface area (Å²) in [6, 6.07) is 15.6. The number of nitrogens with zero attached hydrogens (tertiary/aromatic N) is 3. The minimum atomic E-state index is -3.62. The van der Waals surface area contributed by atoms with Crippen LogP contribution in [0.25, 0.3) is 11.0 Å². The number of aromatic nitrogens is 2. The predicted molar refractivity (Wildman–Crippen MR) is 115 cm³/mol. The Labute approximate surface area is 181 Å². The van der Waals surface area contributed by atoms with E-state index in [1.807, 2.05) is 30.3 Å². The van der Waals surface area contributed by atoms with E-state index >= 15 is 0 Å². The fourth-order valence-electron chi connectivity index (χ4n) is 3.78. The number of nitriles is 1. The Balaban J connectivity index is 1.27. The van der Waals surface area contributed by atoms with E-state index in [9.17, 15) is 13.2 Å². The number of amides is 1. The van der Waals surface area contributed by atoms with Crippen LogP contribution in [0.2, 0.25) is 0 Å². The zero-order chi connectivity index (χ0) is 21.8. The van der Waals surface area contributed by atoms with E-state index in [1.165, 1.54) is 28.6 Å².